The molecule has 1 heterocycles. The average Bonchev–Trinajstić information content (AvgIpc) is 2.35. The van der Waals surface area contributed by atoms with Gasteiger partial charge in [-0.3, -0.25) is 9.59 Å². The van der Waals surface area contributed by atoms with Crippen LogP contribution in [0.3, 0.4) is 0 Å². The quantitative estimate of drug-likeness (QED) is 0.874. The summed E-state index contributed by atoms with van der Waals surface area (Å²) in [5.41, 5.74) is 6.99. The summed E-state index contributed by atoms with van der Waals surface area (Å²) in [4.78, 5) is 25.2. The Morgan fingerprint density at radius 2 is 2.05 bits per heavy atom. The van der Waals surface area contributed by atoms with Crippen molar-refractivity contribution in [3.05, 3.63) is 29.8 Å². The Balaban J connectivity index is 2.31. The van der Waals surface area contributed by atoms with E-state index in [1.165, 1.54) is 0 Å². The van der Waals surface area contributed by atoms with E-state index >= 15 is 0 Å². The predicted octanol–water partition coefficient (Wildman–Crippen LogP) is 1.40. The molecule has 108 valence electrons. The third kappa shape index (κ3) is 3.17. The molecule has 3 N–H and O–H groups in total. The van der Waals surface area contributed by atoms with E-state index < -0.39 is 17.4 Å². The van der Waals surface area contributed by atoms with E-state index in [0.717, 1.165) is 11.3 Å². The lowest BCUT2D eigenvalue weighted by Crippen LogP contribution is -2.46. The summed E-state index contributed by atoms with van der Waals surface area (Å²) in [6.45, 7) is 3.78. The van der Waals surface area contributed by atoms with Crippen molar-refractivity contribution in [3.63, 3.8) is 0 Å². The Morgan fingerprint density at radius 1 is 1.40 bits per heavy atom. The lowest BCUT2D eigenvalue weighted by molar-refractivity contribution is -0.141. The minimum absolute atomic E-state index is 0.129. The van der Waals surface area contributed by atoms with Gasteiger partial charge in [0.1, 0.15) is 0 Å². The Morgan fingerprint density at radius 3 is 2.65 bits per heavy atom. The summed E-state index contributed by atoms with van der Waals surface area (Å²) in [6.07, 6.45) is 0.648. The molecule has 2 rings (SSSR count). The number of para-hydroxylation sites is 1. The monoisotopic (exact) mass is 276 g/mol. The van der Waals surface area contributed by atoms with Crippen molar-refractivity contribution in [1.29, 1.82) is 0 Å². The van der Waals surface area contributed by atoms with Crippen molar-refractivity contribution in [2.24, 2.45) is 11.7 Å². The molecule has 1 aliphatic heterocycles. The number of hydrogen-bond acceptors (Lipinski definition) is 3. The molecule has 1 aromatic rings. The van der Waals surface area contributed by atoms with Gasteiger partial charge in [0, 0.05) is 24.2 Å². The molecule has 1 atom stereocenters. The highest BCUT2D eigenvalue weighted by Gasteiger charge is 2.33. The van der Waals surface area contributed by atoms with Crippen LogP contribution in [-0.4, -0.2) is 29.1 Å². The van der Waals surface area contributed by atoms with Crippen molar-refractivity contribution >= 4 is 17.6 Å². The average molecular weight is 276 g/mol. The van der Waals surface area contributed by atoms with Crippen molar-refractivity contribution in [2.45, 2.75) is 32.2 Å². The van der Waals surface area contributed by atoms with E-state index in [4.69, 9.17) is 5.73 Å². The molecule has 0 spiro atoms. The maximum atomic E-state index is 12.4. The minimum atomic E-state index is -0.871. The molecule has 0 radical (unpaired) electrons. The standard InChI is InChI=1S/C15H20N2O3/c1-15(2,16)8-13(18)17-9-11(14(19)20)7-10-5-3-4-6-12(10)17/h3-6,11H,7-9,16H2,1-2H3,(H,19,20). The number of hydrogen-bond donors (Lipinski definition) is 2. The molecule has 0 fully saturated rings. The minimum Gasteiger partial charge on any atom is -0.481 e. The summed E-state index contributed by atoms with van der Waals surface area (Å²) in [5, 5.41) is 9.23. The number of carboxylic acid groups (broad SMARTS) is 1. The van der Waals surface area contributed by atoms with Gasteiger partial charge in [0.05, 0.1) is 5.92 Å². The number of benzene rings is 1. The van der Waals surface area contributed by atoms with Gasteiger partial charge in [-0.05, 0) is 31.9 Å². The van der Waals surface area contributed by atoms with Gasteiger partial charge in [-0.2, -0.15) is 0 Å². The van der Waals surface area contributed by atoms with Gasteiger partial charge in [0.2, 0.25) is 5.91 Å². The third-order valence-electron chi connectivity index (χ3n) is 3.41. The van der Waals surface area contributed by atoms with Gasteiger partial charge in [0.15, 0.2) is 0 Å². The predicted molar refractivity (Wildman–Crippen MR) is 76.5 cm³/mol. The highest BCUT2D eigenvalue weighted by Crippen LogP contribution is 2.30. The van der Waals surface area contributed by atoms with Crippen molar-refractivity contribution in [1.82, 2.24) is 0 Å². The molecular weight excluding hydrogens is 256 g/mol. The van der Waals surface area contributed by atoms with Crippen molar-refractivity contribution in [2.75, 3.05) is 11.4 Å². The lowest BCUT2D eigenvalue weighted by atomic mass is 9.91. The van der Waals surface area contributed by atoms with E-state index in [0.29, 0.717) is 6.42 Å². The molecule has 0 bridgehead atoms. The van der Waals surface area contributed by atoms with Gasteiger partial charge in [-0.1, -0.05) is 18.2 Å². The van der Waals surface area contributed by atoms with Crippen molar-refractivity contribution in [3.8, 4) is 0 Å². The number of carbonyl (C=O) groups excluding carboxylic acids is 1. The van der Waals surface area contributed by atoms with Gasteiger partial charge in [-0.25, -0.2) is 0 Å². The molecule has 1 aliphatic rings. The zero-order chi connectivity index (χ0) is 14.9. The molecule has 1 aromatic carbocycles. The number of amides is 1. The second-order valence-corrected chi connectivity index (χ2v) is 6.04. The summed E-state index contributed by atoms with van der Waals surface area (Å²) < 4.78 is 0. The third-order valence-corrected chi connectivity index (χ3v) is 3.41. The summed E-state index contributed by atoms with van der Waals surface area (Å²) in [6, 6.07) is 7.44. The summed E-state index contributed by atoms with van der Waals surface area (Å²) in [5.74, 6) is -1.56. The van der Waals surface area contributed by atoms with Crippen LogP contribution in [0, 0.1) is 5.92 Å². The molecule has 0 aromatic heterocycles. The van der Waals surface area contributed by atoms with E-state index in [1.54, 1.807) is 18.7 Å². The number of carboxylic acids is 1. The second kappa shape index (κ2) is 5.25. The molecular formula is C15H20N2O3. The maximum Gasteiger partial charge on any atom is 0.308 e. The Kier molecular flexibility index (Phi) is 3.81. The maximum absolute atomic E-state index is 12.4. The van der Waals surface area contributed by atoms with Gasteiger partial charge in [-0.15, -0.1) is 0 Å². The number of nitrogens with two attached hydrogens (primary N) is 1. The molecule has 0 saturated heterocycles. The van der Waals surface area contributed by atoms with Crippen LogP contribution in [-0.2, 0) is 16.0 Å². The smallest absolute Gasteiger partial charge is 0.308 e. The molecule has 1 amide bonds. The van der Waals surface area contributed by atoms with Crippen LogP contribution < -0.4 is 10.6 Å². The van der Waals surface area contributed by atoms with Crippen LogP contribution >= 0.6 is 0 Å². The van der Waals surface area contributed by atoms with Crippen LogP contribution in [0.15, 0.2) is 24.3 Å². The van der Waals surface area contributed by atoms with E-state index in [1.807, 2.05) is 24.3 Å². The van der Waals surface area contributed by atoms with Crippen molar-refractivity contribution < 1.29 is 14.7 Å². The topological polar surface area (TPSA) is 83.6 Å². The Labute approximate surface area is 118 Å². The zero-order valence-electron chi connectivity index (χ0n) is 11.8. The van der Waals surface area contributed by atoms with E-state index in [9.17, 15) is 14.7 Å². The second-order valence-electron chi connectivity index (χ2n) is 6.04. The zero-order valence-corrected chi connectivity index (χ0v) is 11.8. The number of fused-ring (bicyclic) bond motifs is 1. The first-order valence-corrected chi connectivity index (χ1v) is 6.68. The molecule has 5 heteroatoms. The molecule has 5 nitrogen and oxygen atoms in total. The first-order chi connectivity index (χ1) is 9.28. The van der Waals surface area contributed by atoms with Crippen LogP contribution in [0.5, 0.6) is 0 Å². The van der Waals surface area contributed by atoms with Crippen LogP contribution in [0.1, 0.15) is 25.8 Å². The summed E-state index contributed by atoms with van der Waals surface area (Å²) in [7, 11) is 0. The van der Waals surface area contributed by atoms with Crippen LogP contribution in [0.25, 0.3) is 0 Å². The molecule has 0 aliphatic carbocycles. The van der Waals surface area contributed by atoms with Gasteiger partial charge >= 0.3 is 5.97 Å². The fourth-order valence-corrected chi connectivity index (χ4v) is 2.48. The number of rotatable bonds is 3. The van der Waals surface area contributed by atoms with Gasteiger partial charge in [0.25, 0.3) is 0 Å². The lowest BCUT2D eigenvalue weighted by Gasteiger charge is -2.34. The fourth-order valence-electron chi connectivity index (χ4n) is 2.48. The molecule has 1 unspecified atom stereocenters. The number of carbonyl (C=O) groups is 2. The number of nitrogens with zero attached hydrogens (tertiary/aromatic N) is 1. The normalized spacial score (nSPS) is 18.6. The number of aliphatic carboxylic acids is 1. The molecule has 0 saturated carbocycles. The largest absolute Gasteiger partial charge is 0.481 e. The highest BCUT2D eigenvalue weighted by atomic mass is 16.4. The highest BCUT2D eigenvalue weighted by molar-refractivity contribution is 5.96. The first kappa shape index (κ1) is 14.5. The van der Waals surface area contributed by atoms with Crippen LogP contribution in [0.4, 0.5) is 5.69 Å². The van der Waals surface area contributed by atoms with Gasteiger partial charge < -0.3 is 15.7 Å². The van der Waals surface area contributed by atoms with E-state index in [2.05, 4.69) is 0 Å². The molecule has 20 heavy (non-hydrogen) atoms. The number of anilines is 1. The SMILES string of the molecule is CC(C)(N)CC(=O)N1CC(C(=O)O)Cc2ccccc21. The Hall–Kier alpha value is -1.88. The Bertz CT molecular complexity index is 534. The van der Waals surface area contributed by atoms with Crippen LogP contribution in [0.2, 0.25) is 0 Å². The first-order valence-electron chi connectivity index (χ1n) is 6.68. The fraction of sp³-hybridized carbons (Fsp3) is 0.467. The summed E-state index contributed by atoms with van der Waals surface area (Å²) >= 11 is 0. The van der Waals surface area contributed by atoms with E-state index in [-0.39, 0.29) is 18.9 Å².